The normalized spacial score (nSPS) is 27.3. The van der Waals surface area contributed by atoms with Gasteiger partial charge in [-0.25, -0.2) is 0 Å². The van der Waals surface area contributed by atoms with Crippen molar-refractivity contribution in [2.75, 3.05) is 24.6 Å². The molecule has 1 heterocycles. The first-order chi connectivity index (χ1) is 8.36. The molecule has 2 atom stereocenters. The average molecular weight is 261 g/mol. The predicted octanol–water partition coefficient (Wildman–Crippen LogP) is 2.57. The van der Waals surface area contributed by atoms with Gasteiger partial charge in [0.15, 0.2) is 0 Å². The number of nitrogen functional groups attached to an aromatic ring is 2. The van der Waals surface area contributed by atoms with Gasteiger partial charge >= 0.3 is 0 Å². The van der Waals surface area contributed by atoms with E-state index in [1.54, 1.807) is 0 Å². The molecule has 1 fully saturated rings. The van der Waals surface area contributed by atoms with Gasteiger partial charge in [-0.2, -0.15) is 0 Å². The van der Waals surface area contributed by atoms with Crippen LogP contribution in [0, 0.1) is 0 Å². The Balaban J connectivity index is 1.99. The second kappa shape index (κ2) is 3.74. The van der Waals surface area contributed by atoms with Crippen LogP contribution in [0.1, 0.15) is 29.4 Å². The van der Waals surface area contributed by atoms with E-state index in [1.807, 2.05) is 0 Å². The van der Waals surface area contributed by atoms with Crippen LogP contribution >= 0.6 is 0 Å². The summed E-state index contributed by atoms with van der Waals surface area (Å²) in [5, 5.41) is 0. The monoisotopic (exact) mass is 261 g/mol. The van der Waals surface area contributed by atoms with Crippen LogP contribution in [0.5, 0.6) is 0 Å². The van der Waals surface area contributed by atoms with Crippen LogP contribution in [0.3, 0.4) is 0 Å². The summed E-state index contributed by atoms with van der Waals surface area (Å²) >= 11 is 0. The number of hydrogen-bond donors (Lipinski definition) is 2. The Morgan fingerprint density at radius 1 is 1.00 bits per heavy atom. The molecule has 2 bridgehead atoms. The van der Waals surface area contributed by atoms with Crippen LogP contribution in [-0.4, -0.2) is 25.9 Å². The predicted molar refractivity (Wildman–Crippen MR) is 80.3 cm³/mol. The van der Waals surface area contributed by atoms with Crippen molar-refractivity contribution in [3.05, 3.63) is 23.3 Å². The number of nitrogens with zero attached hydrogens (tertiary/aromatic N) is 1. The molecule has 0 amide bonds. The zero-order valence-corrected chi connectivity index (χ0v) is 12.5. The van der Waals surface area contributed by atoms with E-state index >= 15 is 0 Å². The number of anilines is 2. The maximum atomic E-state index is 5.97. The minimum atomic E-state index is -1.20. The number of hydrogen-bond acceptors (Lipinski definition) is 3. The van der Waals surface area contributed by atoms with Crippen molar-refractivity contribution in [1.29, 1.82) is 0 Å². The van der Waals surface area contributed by atoms with Gasteiger partial charge in [-0.15, -0.1) is 0 Å². The summed E-state index contributed by atoms with van der Waals surface area (Å²) in [7, 11) is -1.20. The topological polar surface area (TPSA) is 55.3 Å². The Kier molecular flexibility index (Phi) is 2.51. The highest BCUT2D eigenvalue weighted by molar-refractivity contribution is 6.73. The molecule has 1 aromatic rings. The van der Waals surface area contributed by atoms with Gasteiger partial charge in [0.2, 0.25) is 0 Å². The third-order valence-electron chi connectivity index (χ3n) is 4.57. The van der Waals surface area contributed by atoms with Crippen molar-refractivity contribution in [3.8, 4) is 0 Å². The molecule has 2 aliphatic rings. The quantitative estimate of drug-likeness (QED) is 0.603. The van der Waals surface area contributed by atoms with Crippen LogP contribution in [0.15, 0.2) is 12.1 Å². The van der Waals surface area contributed by atoms with Crippen molar-refractivity contribution in [2.24, 2.45) is 0 Å². The Morgan fingerprint density at radius 2 is 1.44 bits per heavy atom. The van der Waals surface area contributed by atoms with E-state index in [0.29, 0.717) is 11.8 Å². The molecule has 0 aromatic heterocycles. The highest BCUT2D eigenvalue weighted by Crippen LogP contribution is 2.48. The van der Waals surface area contributed by atoms with Gasteiger partial charge in [0.25, 0.3) is 0 Å². The third kappa shape index (κ3) is 1.75. The minimum absolute atomic E-state index is 0.674. The molecule has 0 unspecified atom stereocenters. The molecule has 98 valence electrons. The van der Waals surface area contributed by atoms with E-state index in [0.717, 1.165) is 11.4 Å². The van der Waals surface area contributed by atoms with Crippen molar-refractivity contribution in [1.82, 2.24) is 4.57 Å². The van der Waals surface area contributed by atoms with Gasteiger partial charge in [-0.1, -0.05) is 19.6 Å². The lowest BCUT2D eigenvalue weighted by atomic mass is 9.98. The summed E-state index contributed by atoms with van der Waals surface area (Å²) < 4.78 is 2.73. The Morgan fingerprint density at radius 3 is 1.83 bits per heavy atom. The zero-order valence-electron chi connectivity index (χ0n) is 11.5. The third-order valence-corrected chi connectivity index (χ3v) is 6.83. The molecule has 0 saturated carbocycles. The minimum Gasteiger partial charge on any atom is -0.397 e. The molecule has 1 saturated heterocycles. The number of fused-ring (bicyclic) bond motifs is 5. The molecule has 3 nitrogen and oxygen atoms in total. The van der Waals surface area contributed by atoms with E-state index in [4.69, 9.17) is 11.5 Å². The van der Waals surface area contributed by atoms with E-state index < -0.39 is 8.24 Å². The molecule has 0 spiro atoms. The second-order valence-electron chi connectivity index (χ2n) is 6.82. The first-order valence-corrected chi connectivity index (χ1v) is 10.2. The van der Waals surface area contributed by atoms with Gasteiger partial charge in [-0.3, -0.25) is 0 Å². The summed E-state index contributed by atoms with van der Waals surface area (Å²) in [5.41, 5.74) is 16.4. The lowest BCUT2D eigenvalue weighted by molar-refractivity contribution is 0.306. The van der Waals surface area contributed by atoms with Crippen LogP contribution in [0.2, 0.25) is 19.6 Å². The summed E-state index contributed by atoms with van der Waals surface area (Å²) in [5.74, 6) is 1.35. The average Bonchev–Trinajstić information content (AvgIpc) is 2.51. The van der Waals surface area contributed by atoms with Crippen LogP contribution in [0.4, 0.5) is 11.4 Å². The highest BCUT2D eigenvalue weighted by atomic mass is 28.3. The van der Waals surface area contributed by atoms with Crippen molar-refractivity contribution < 1.29 is 0 Å². The molecule has 3 rings (SSSR count). The first kappa shape index (κ1) is 12.1. The number of rotatable bonds is 1. The Labute approximate surface area is 110 Å². The molecular weight excluding hydrogens is 238 g/mol. The van der Waals surface area contributed by atoms with Gasteiger partial charge < -0.3 is 16.0 Å². The summed E-state index contributed by atoms with van der Waals surface area (Å²) in [4.78, 5) is 0. The zero-order chi connectivity index (χ0) is 13.1. The molecule has 4 N–H and O–H groups in total. The molecule has 4 heteroatoms. The first-order valence-electron chi connectivity index (χ1n) is 6.80. The Bertz CT molecular complexity index is 456. The van der Waals surface area contributed by atoms with Gasteiger partial charge in [-0.05, 0) is 54.6 Å². The summed E-state index contributed by atoms with van der Waals surface area (Å²) in [6.45, 7) is 9.73. The maximum Gasteiger partial charge on any atom is 0.119 e. The fourth-order valence-electron chi connectivity index (χ4n) is 3.47. The number of benzene rings is 1. The van der Waals surface area contributed by atoms with Crippen molar-refractivity contribution >= 4 is 19.6 Å². The van der Waals surface area contributed by atoms with E-state index in [-0.39, 0.29) is 0 Å². The summed E-state index contributed by atoms with van der Waals surface area (Å²) in [6, 6.07) is 4.26. The van der Waals surface area contributed by atoms with E-state index in [1.165, 1.54) is 30.6 Å². The number of piperidine rings is 1. The van der Waals surface area contributed by atoms with E-state index in [2.05, 4.69) is 36.3 Å². The van der Waals surface area contributed by atoms with Gasteiger partial charge in [0, 0.05) is 0 Å². The fourth-order valence-corrected chi connectivity index (χ4v) is 5.01. The largest absolute Gasteiger partial charge is 0.397 e. The fraction of sp³-hybridized carbons (Fsp3) is 0.571. The molecule has 0 radical (unpaired) electrons. The van der Waals surface area contributed by atoms with Crippen LogP contribution in [0.25, 0.3) is 0 Å². The lowest BCUT2D eigenvalue weighted by Gasteiger charge is -2.40. The maximum absolute atomic E-state index is 5.97. The lowest BCUT2D eigenvalue weighted by Crippen LogP contribution is -2.50. The van der Waals surface area contributed by atoms with Crippen LogP contribution < -0.4 is 11.5 Å². The molecular formula is C14H23N3Si. The van der Waals surface area contributed by atoms with Crippen molar-refractivity contribution in [2.45, 2.75) is 37.9 Å². The second-order valence-corrected chi connectivity index (χ2v) is 11.8. The highest BCUT2D eigenvalue weighted by Gasteiger charge is 2.41. The molecule has 1 aromatic carbocycles. The van der Waals surface area contributed by atoms with E-state index in [9.17, 15) is 0 Å². The Hall–Kier alpha value is -1.00. The molecule has 18 heavy (non-hydrogen) atoms. The SMILES string of the molecule is C[Si](C)(C)N1C[C@H]2C[C@@H](C1)c1cc(N)c(N)cc12. The smallest absolute Gasteiger partial charge is 0.119 e. The molecule has 1 aliphatic carbocycles. The van der Waals surface area contributed by atoms with Gasteiger partial charge in [0.1, 0.15) is 8.24 Å². The molecule has 1 aliphatic heterocycles. The standard InChI is InChI=1S/C14H23N3Si/c1-18(2,3)17-7-9-4-10(8-17)12-6-14(16)13(15)5-11(9)12/h5-6,9-10H,4,7-8,15-16H2,1-3H3/t9-,10+. The number of nitrogens with two attached hydrogens (primary N) is 2. The van der Waals surface area contributed by atoms with Crippen LogP contribution in [-0.2, 0) is 0 Å². The summed E-state index contributed by atoms with van der Waals surface area (Å²) in [6.07, 6.45) is 1.29. The van der Waals surface area contributed by atoms with Crippen molar-refractivity contribution in [3.63, 3.8) is 0 Å². The van der Waals surface area contributed by atoms with Gasteiger partial charge in [0.05, 0.1) is 11.4 Å².